The summed E-state index contributed by atoms with van der Waals surface area (Å²) in [5.41, 5.74) is 2.72. The van der Waals surface area contributed by atoms with Crippen LogP contribution in [0.25, 0.3) is 10.9 Å². The van der Waals surface area contributed by atoms with Crippen molar-refractivity contribution in [2.45, 2.75) is 19.1 Å². The van der Waals surface area contributed by atoms with Gasteiger partial charge in [-0.2, -0.15) is 0 Å². The summed E-state index contributed by atoms with van der Waals surface area (Å²) in [6.07, 6.45) is 6.11. The van der Waals surface area contributed by atoms with Gasteiger partial charge >= 0.3 is 5.97 Å². The monoisotopic (exact) mass is 457 g/mol. The molecule has 0 bridgehead atoms. The molecule has 2 aromatic heterocycles. The van der Waals surface area contributed by atoms with E-state index in [1.54, 1.807) is 18.5 Å². The summed E-state index contributed by atoms with van der Waals surface area (Å²) in [4.78, 5) is 28.5. The van der Waals surface area contributed by atoms with E-state index in [1.165, 1.54) is 0 Å². The third-order valence-electron chi connectivity index (χ3n) is 6.19. The first-order chi connectivity index (χ1) is 16.7. The molecule has 3 heterocycles. The average molecular weight is 458 g/mol. The molecule has 1 unspecified atom stereocenters. The first-order valence-corrected chi connectivity index (χ1v) is 11.5. The zero-order valence-corrected chi connectivity index (χ0v) is 18.8. The van der Waals surface area contributed by atoms with Crippen molar-refractivity contribution in [3.63, 3.8) is 0 Å². The Hall–Kier alpha value is -3.91. The number of carboxylic acids is 1. The maximum absolute atomic E-state index is 12.4. The number of ether oxygens (including phenoxy) is 1. The maximum atomic E-state index is 12.4. The molecule has 1 aliphatic heterocycles. The van der Waals surface area contributed by atoms with Crippen LogP contribution in [0.2, 0.25) is 0 Å². The fraction of sp³-hybridized carbons (Fsp3) is 0.269. The summed E-state index contributed by atoms with van der Waals surface area (Å²) < 4.78 is 5.94. The Labute approximate surface area is 197 Å². The highest BCUT2D eigenvalue weighted by Crippen LogP contribution is 2.32. The summed E-state index contributed by atoms with van der Waals surface area (Å²) in [5.74, 6) is 0.575. The largest absolute Gasteiger partial charge is 0.489 e. The second-order valence-electron chi connectivity index (χ2n) is 8.39. The lowest BCUT2D eigenvalue weighted by molar-refractivity contribution is -0.143. The zero-order valence-electron chi connectivity index (χ0n) is 18.8. The number of fused-ring (bicyclic) bond motifs is 1. The van der Waals surface area contributed by atoms with Crippen molar-refractivity contribution in [1.29, 1.82) is 0 Å². The molecule has 4 aromatic rings. The molecule has 34 heavy (non-hydrogen) atoms. The van der Waals surface area contributed by atoms with Gasteiger partial charge in [-0.25, -0.2) is 9.97 Å². The van der Waals surface area contributed by atoms with Crippen LogP contribution >= 0.6 is 0 Å². The Morgan fingerprint density at radius 2 is 1.85 bits per heavy atom. The van der Waals surface area contributed by atoms with Crippen molar-refractivity contribution in [2.24, 2.45) is 0 Å². The number of aromatic nitrogens is 3. The number of nitrogens with zero attached hydrogens (tertiary/aromatic N) is 4. The molecule has 174 valence electrons. The molecule has 8 heteroatoms. The molecular formula is C26H27N5O3. The summed E-state index contributed by atoms with van der Waals surface area (Å²) in [5, 5.41) is 11.1. The lowest BCUT2D eigenvalue weighted by Crippen LogP contribution is -2.37. The van der Waals surface area contributed by atoms with Crippen molar-refractivity contribution in [1.82, 2.24) is 19.9 Å². The molecule has 1 saturated heterocycles. The number of rotatable bonds is 7. The van der Waals surface area contributed by atoms with Crippen LogP contribution in [0.3, 0.4) is 0 Å². The maximum Gasteiger partial charge on any atom is 0.325 e. The molecule has 8 nitrogen and oxygen atoms in total. The van der Waals surface area contributed by atoms with E-state index >= 15 is 0 Å². The molecule has 1 fully saturated rings. The predicted octanol–water partition coefficient (Wildman–Crippen LogP) is 3.87. The van der Waals surface area contributed by atoms with Crippen molar-refractivity contribution < 1.29 is 14.6 Å². The van der Waals surface area contributed by atoms with Gasteiger partial charge < -0.3 is 19.7 Å². The van der Waals surface area contributed by atoms with Crippen LogP contribution in [0.4, 0.5) is 5.95 Å². The normalized spacial score (nSPS) is 15.7. The van der Waals surface area contributed by atoms with Gasteiger partial charge in [0.05, 0.1) is 0 Å². The first kappa shape index (κ1) is 21.9. The van der Waals surface area contributed by atoms with Gasteiger partial charge in [0.1, 0.15) is 18.4 Å². The number of carboxylic acid groups (broad SMARTS) is 1. The van der Waals surface area contributed by atoms with Crippen molar-refractivity contribution in [3.05, 3.63) is 84.3 Å². The van der Waals surface area contributed by atoms with E-state index in [0.29, 0.717) is 32.2 Å². The van der Waals surface area contributed by atoms with Crippen molar-refractivity contribution >= 4 is 22.8 Å². The highest BCUT2D eigenvalue weighted by atomic mass is 16.5. The number of benzene rings is 2. The summed E-state index contributed by atoms with van der Waals surface area (Å²) >= 11 is 0. The van der Waals surface area contributed by atoms with Crippen LogP contribution in [0.15, 0.2) is 73.2 Å². The third-order valence-corrected chi connectivity index (χ3v) is 6.19. The quantitative estimate of drug-likeness (QED) is 0.435. The number of aliphatic carboxylic acids is 1. The molecule has 2 aromatic carbocycles. The van der Waals surface area contributed by atoms with E-state index in [4.69, 9.17) is 4.74 Å². The highest BCUT2D eigenvalue weighted by molar-refractivity contribution is 5.90. The van der Waals surface area contributed by atoms with Gasteiger partial charge in [-0.15, -0.1) is 0 Å². The van der Waals surface area contributed by atoms with Crippen molar-refractivity contribution in [2.75, 3.05) is 31.1 Å². The predicted molar refractivity (Wildman–Crippen MR) is 130 cm³/mol. The third kappa shape index (κ3) is 4.72. The van der Waals surface area contributed by atoms with Gasteiger partial charge in [0.15, 0.2) is 0 Å². The SMILES string of the molecule is O=C(O)C(c1c[nH]c2cc(OCc3ccccc3)ccc12)N1CCCN(c2ncccn2)CC1. The van der Waals surface area contributed by atoms with E-state index in [1.807, 2.05) is 59.6 Å². The van der Waals surface area contributed by atoms with Gasteiger partial charge in [-0.3, -0.25) is 9.69 Å². The smallest absolute Gasteiger partial charge is 0.325 e. The Balaban J connectivity index is 1.33. The Morgan fingerprint density at radius 3 is 2.65 bits per heavy atom. The van der Waals surface area contributed by atoms with Crippen LogP contribution in [-0.4, -0.2) is 57.1 Å². The molecule has 0 saturated carbocycles. The van der Waals surface area contributed by atoms with Gasteiger partial charge in [0.25, 0.3) is 0 Å². The molecule has 0 radical (unpaired) electrons. The lowest BCUT2D eigenvalue weighted by atomic mass is 10.0. The van der Waals surface area contributed by atoms with Gasteiger partial charge in [0, 0.05) is 67.3 Å². The topological polar surface area (TPSA) is 94.6 Å². The summed E-state index contributed by atoms with van der Waals surface area (Å²) in [6.45, 7) is 3.24. The molecule has 5 rings (SSSR count). The minimum Gasteiger partial charge on any atom is -0.489 e. The lowest BCUT2D eigenvalue weighted by Gasteiger charge is -2.27. The fourth-order valence-corrected chi connectivity index (χ4v) is 4.52. The number of aromatic amines is 1. The number of anilines is 1. The standard InChI is InChI=1S/C26H27N5O3/c32-25(33)24(30-12-5-13-31(15-14-30)26-27-10-4-11-28-26)22-17-29-23-16-20(8-9-21(22)23)34-18-19-6-2-1-3-7-19/h1-4,6-11,16-17,24,29H,5,12-15,18H2,(H,32,33). The molecule has 2 N–H and O–H groups in total. The van der Waals surface area contributed by atoms with E-state index in [-0.39, 0.29) is 0 Å². The molecule has 0 amide bonds. The minimum atomic E-state index is -0.852. The first-order valence-electron chi connectivity index (χ1n) is 11.5. The number of hydrogen-bond acceptors (Lipinski definition) is 6. The summed E-state index contributed by atoms with van der Waals surface area (Å²) in [6, 6.07) is 16.8. The zero-order chi connectivity index (χ0) is 23.3. The molecule has 1 aliphatic rings. The van der Waals surface area contributed by atoms with E-state index < -0.39 is 12.0 Å². The number of hydrogen-bond donors (Lipinski definition) is 2. The van der Waals surface area contributed by atoms with Crippen LogP contribution in [0, 0.1) is 0 Å². The van der Waals surface area contributed by atoms with Gasteiger partial charge in [-0.05, 0) is 30.2 Å². The van der Waals surface area contributed by atoms with E-state index in [2.05, 4.69) is 19.9 Å². The minimum absolute atomic E-state index is 0.479. The summed E-state index contributed by atoms with van der Waals surface area (Å²) in [7, 11) is 0. The number of H-pyrrole nitrogens is 1. The van der Waals surface area contributed by atoms with Crippen LogP contribution in [0.1, 0.15) is 23.6 Å². The molecular weight excluding hydrogens is 430 g/mol. The van der Waals surface area contributed by atoms with E-state index in [0.717, 1.165) is 40.7 Å². The number of nitrogens with one attached hydrogen (secondary N) is 1. The molecule has 0 aliphatic carbocycles. The second-order valence-corrected chi connectivity index (χ2v) is 8.39. The van der Waals surface area contributed by atoms with E-state index in [9.17, 15) is 9.90 Å². The average Bonchev–Trinajstić information content (AvgIpc) is 3.12. The Bertz CT molecular complexity index is 1250. The fourth-order valence-electron chi connectivity index (χ4n) is 4.52. The molecule has 1 atom stereocenters. The van der Waals surface area contributed by atoms with Crippen LogP contribution in [-0.2, 0) is 11.4 Å². The van der Waals surface area contributed by atoms with Gasteiger partial charge in [-0.1, -0.05) is 30.3 Å². The van der Waals surface area contributed by atoms with Crippen LogP contribution < -0.4 is 9.64 Å². The molecule has 0 spiro atoms. The Kier molecular flexibility index (Phi) is 6.40. The van der Waals surface area contributed by atoms with Gasteiger partial charge in [0.2, 0.25) is 5.95 Å². The number of carbonyl (C=O) groups is 1. The second kappa shape index (κ2) is 9.93. The highest BCUT2D eigenvalue weighted by Gasteiger charge is 2.31. The Morgan fingerprint density at radius 1 is 1.03 bits per heavy atom. The van der Waals surface area contributed by atoms with Crippen molar-refractivity contribution in [3.8, 4) is 5.75 Å². The van der Waals surface area contributed by atoms with Crippen LogP contribution in [0.5, 0.6) is 5.75 Å².